The second kappa shape index (κ2) is 6.82. The van der Waals surface area contributed by atoms with Crippen molar-refractivity contribution in [2.24, 2.45) is 21.3 Å². The molecule has 2 N–H and O–H groups in total. The Morgan fingerprint density at radius 2 is 2.15 bits per heavy atom. The third-order valence-corrected chi connectivity index (χ3v) is 6.66. The van der Waals surface area contributed by atoms with Crippen LogP contribution >= 0.6 is 0 Å². The van der Waals surface area contributed by atoms with Gasteiger partial charge in [-0.25, -0.2) is 4.99 Å². The number of oxime groups is 1. The van der Waals surface area contributed by atoms with Crippen molar-refractivity contribution in [1.29, 1.82) is 0 Å². The van der Waals surface area contributed by atoms with Gasteiger partial charge in [0.15, 0.2) is 0 Å². The van der Waals surface area contributed by atoms with Crippen LogP contribution in [0.3, 0.4) is 0 Å². The quantitative estimate of drug-likeness (QED) is 0.651. The van der Waals surface area contributed by atoms with Gasteiger partial charge in [-0.3, -0.25) is 0 Å². The zero-order valence-corrected chi connectivity index (χ0v) is 16.5. The summed E-state index contributed by atoms with van der Waals surface area (Å²) in [5.74, 6) is 0. The van der Waals surface area contributed by atoms with Crippen LogP contribution in [0.1, 0.15) is 56.2 Å². The van der Waals surface area contributed by atoms with Gasteiger partial charge in [0, 0.05) is 12.5 Å². The highest BCUT2D eigenvalue weighted by molar-refractivity contribution is 5.98. The summed E-state index contributed by atoms with van der Waals surface area (Å²) in [5.41, 5.74) is 10.2. The van der Waals surface area contributed by atoms with Crippen molar-refractivity contribution in [2.75, 3.05) is 20.3 Å². The van der Waals surface area contributed by atoms with Crippen LogP contribution in [0.15, 0.2) is 28.3 Å². The number of hydrogen-bond donors (Lipinski definition) is 1. The Morgan fingerprint density at radius 1 is 1.37 bits per heavy atom. The predicted molar refractivity (Wildman–Crippen MR) is 105 cm³/mol. The fraction of sp³-hybridized carbons (Fsp3) is 0.619. The number of ether oxygens (including phenoxy) is 2. The predicted octanol–water partition coefficient (Wildman–Crippen LogP) is 3.12. The Hall–Kier alpha value is -2.08. The van der Waals surface area contributed by atoms with Gasteiger partial charge in [0.2, 0.25) is 0 Å². The van der Waals surface area contributed by atoms with E-state index in [-0.39, 0.29) is 5.41 Å². The van der Waals surface area contributed by atoms with Gasteiger partial charge in [-0.2, -0.15) is 0 Å². The van der Waals surface area contributed by atoms with Crippen LogP contribution in [0.4, 0.5) is 0 Å². The largest absolute Gasteiger partial charge is 0.462 e. The fourth-order valence-corrected chi connectivity index (χ4v) is 5.16. The summed E-state index contributed by atoms with van der Waals surface area (Å²) in [5, 5.41) is 4.20. The molecule has 0 bridgehead atoms. The first-order valence-electron chi connectivity index (χ1n) is 9.85. The minimum absolute atomic E-state index is 0.0507. The van der Waals surface area contributed by atoms with Gasteiger partial charge >= 0.3 is 0 Å². The van der Waals surface area contributed by atoms with Gasteiger partial charge in [0.25, 0.3) is 6.02 Å². The number of methoxy groups -OCH3 is 1. The molecule has 27 heavy (non-hydrogen) atoms. The van der Waals surface area contributed by atoms with Crippen LogP contribution in [-0.2, 0) is 26.3 Å². The molecule has 1 aromatic carbocycles. The maximum Gasteiger partial charge on any atom is 0.283 e. The lowest BCUT2D eigenvalue weighted by atomic mass is 9.62. The molecule has 6 heteroatoms. The molecule has 1 unspecified atom stereocenters. The van der Waals surface area contributed by atoms with E-state index < -0.39 is 5.54 Å². The Morgan fingerprint density at radius 3 is 2.78 bits per heavy atom. The molecule has 1 aliphatic heterocycles. The second-order valence-corrected chi connectivity index (χ2v) is 7.96. The van der Waals surface area contributed by atoms with E-state index in [4.69, 9.17) is 25.0 Å². The van der Waals surface area contributed by atoms with Crippen molar-refractivity contribution in [1.82, 2.24) is 0 Å². The molecule has 1 heterocycles. The first kappa shape index (κ1) is 18.3. The first-order valence-corrected chi connectivity index (χ1v) is 9.85. The van der Waals surface area contributed by atoms with Crippen molar-refractivity contribution in [2.45, 2.75) is 57.6 Å². The zero-order chi connectivity index (χ0) is 19.1. The van der Waals surface area contributed by atoms with Crippen LogP contribution in [0.2, 0.25) is 0 Å². The number of aliphatic imine (C=N–C) groups is 1. The molecular weight excluding hydrogens is 342 g/mol. The molecule has 2 aliphatic carbocycles. The second-order valence-electron chi connectivity index (χ2n) is 7.96. The summed E-state index contributed by atoms with van der Waals surface area (Å²) in [6.07, 6.45) is 5.61. The highest BCUT2D eigenvalue weighted by Crippen LogP contribution is 2.61. The molecule has 1 atom stereocenters. The standard InChI is InChI=1S/C21H29N3O3/c1-4-27-24-14(2)15-5-6-16-12-20(9-7-17(25-3)8-10-20)21(18(16)11-15)13-26-19(22)23-21/h5-6,11,17H,4,7-10,12-13H2,1-3H3,(H2,22,23)/b24-14+. The fourth-order valence-electron chi connectivity index (χ4n) is 5.16. The van der Waals surface area contributed by atoms with E-state index in [2.05, 4.69) is 23.4 Å². The summed E-state index contributed by atoms with van der Waals surface area (Å²) < 4.78 is 11.3. The van der Waals surface area contributed by atoms with E-state index in [0.29, 0.717) is 25.3 Å². The van der Waals surface area contributed by atoms with Crippen LogP contribution in [0.5, 0.6) is 0 Å². The summed E-state index contributed by atoms with van der Waals surface area (Å²) in [4.78, 5) is 10.2. The zero-order valence-electron chi connectivity index (χ0n) is 16.5. The normalized spacial score (nSPS) is 32.5. The van der Waals surface area contributed by atoms with Crippen LogP contribution < -0.4 is 5.73 Å². The van der Waals surface area contributed by atoms with E-state index in [1.165, 1.54) is 11.1 Å². The number of hydrogen-bond acceptors (Lipinski definition) is 6. The lowest BCUT2D eigenvalue weighted by Gasteiger charge is -2.45. The van der Waals surface area contributed by atoms with E-state index in [1.54, 1.807) is 0 Å². The number of benzene rings is 1. The number of amidine groups is 1. The molecule has 2 spiro atoms. The third-order valence-electron chi connectivity index (χ3n) is 6.66. The lowest BCUT2D eigenvalue weighted by Crippen LogP contribution is -2.46. The monoisotopic (exact) mass is 371 g/mol. The molecule has 1 fully saturated rings. The topological polar surface area (TPSA) is 78.4 Å². The van der Waals surface area contributed by atoms with Gasteiger partial charge < -0.3 is 20.0 Å². The molecule has 1 saturated carbocycles. The van der Waals surface area contributed by atoms with E-state index in [0.717, 1.165) is 43.4 Å². The Bertz CT molecular complexity index is 781. The van der Waals surface area contributed by atoms with E-state index >= 15 is 0 Å². The number of rotatable bonds is 4. The molecule has 6 nitrogen and oxygen atoms in total. The molecule has 1 aromatic rings. The van der Waals surface area contributed by atoms with Gasteiger partial charge in [0.1, 0.15) is 18.8 Å². The average molecular weight is 371 g/mol. The summed E-state index contributed by atoms with van der Waals surface area (Å²) in [6, 6.07) is 6.88. The van der Waals surface area contributed by atoms with Crippen molar-refractivity contribution in [3.63, 3.8) is 0 Å². The Kier molecular flexibility index (Phi) is 4.62. The van der Waals surface area contributed by atoms with Crippen molar-refractivity contribution in [3.05, 3.63) is 34.9 Å². The average Bonchev–Trinajstić information content (AvgIpc) is 3.20. The third kappa shape index (κ3) is 2.81. The maximum absolute atomic E-state index is 6.01. The Balaban J connectivity index is 1.76. The minimum atomic E-state index is -0.396. The highest BCUT2D eigenvalue weighted by Gasteiger charge is 2.61. The molecular formula is C21H29N3O3. The van der Waals surface area contributed by atoms with Gasteiger partial charge in [-0.05, 0) is 68.7 Å². The molecule has 0 amide bonds. The molecule has 0 aromatic heterocycles. The SMILES string of the molecule is CCO/N=C(\C)c1ccc2c(c1)C1(COC(N)=N1)C1(CCC(OC)CC1)C2. The summed E-state index contributed by atoms with van der Waals surface area (Å²) >= 11 is 0. The minimum Gasteiger partial charge on any atom is -0.462 e. The van der Waals surface area contributed by atoms with Gasteiger partial charge in [-0.15, -0.1) is 0 Å². The maximum atomic E-state index is 6.01. The smallest absolute Gasteiger partial charge is 0.283 e. The van der Waals surface area contributed by atoms with Crippen LogP contribution in [0.25, 0.3) is 0 Å². The number of fused-ring (bicyclic) bond motifs is 3. The summed E-state index contributed by atoms with van der Waals surface area (Å²) in [6.45, 7) is 4.99. The van der Waals surface area contributed by atoms with E-state index in [1.807, 2.05) is 21.0 Å². The first-order chi connectivity index (χ1) is 13.0. The lowest BCUT2D eigenvalue weighted by molar-refractivity contribution is -0.00984. The molecule has 4 rings (SSSR count). The van der Waals surface area contributed by atoms with Gasteiger partial charge in [0.05, 0.1) is 11.8 Å². The summed E-state index contributed by atoms with van der Waals surface area (Å²) in [7, 11) is 1.81. The number of nitrogens with zero attached hydrogens (tertiary/aromatic N) is 2. The van der Waals surface area contributed by atoms with Crippen molar-refractivity contribution >= 4 is 11.7 Å². The van der Waals surface area contributed by atoms with Crippen molar-refractivity contribution < 1.29 is 14.3 Å². The number of nitrogens with two attached hydrogens (primary N) is 1. The highest BCUT2D eigenvalue weighted by atomic mass is 16.6. The van der Waals surface area contributed by atoms with E-state index in [9.17, 15) is 0 Å². The molecule has 0 saturated heterocycles. The van der Waals surface area contributed by atoms with Crippen molar-refractivity contribution in [3.8, 4) is 0 Å². The molecule has 0 radical (unpaired) electrons. The molecule has 3 aliphatic rings. The van der Waals surface area contributed by atoms with Crippen LogP contribution in [-0.4, -0.2) is 38.2 Å². The van der Waals surface area contributed by atoms with Crippen LogP contribution in [0, 0.1) is 5.41 Å². The van der Waals surface area contributed by atoms with Gasteiger partial charge in [-0.1, -0.05) is 17.3 Å². The Labute approximate surface area is 160 Å². The molecule has 146 valence electrons.